The summed E-state index contributed by atoms with van der Waals surface area (Å²) in [6.45, 7) is 0. The minimum atomic E-state index is -0.606. The second kappa shape index (κ2) is 2.68. The van der Waals surface area contributed by atoms with Gasteiger partial charge in [0.2, 0.25) is 0 Å². The monoisotopic (exact) mass is 226 g/mol. The van der Waals surface area contributed by atoms with E-state index in [1.54, 1.807) is 12.1 Å². The summed E-state index contributed by atoms with van der Waals surface area (Å²) in [5, 5.41) is 9.43. The number of carbonyl (C=O) groups excluding carboxylic acids is 1. The first-order valence-electron chi connectivity index (χ1n) is 3.69. The van der Waals surface area contributed by atoms with Gasteiger partial charge in [0.15, 0.2) is 5.78 Å². The predicted octanol–water partition coefficient (Wildman–Crippen LogP) is 2.07. The first-order valence-corrected chi connectivity index (χ1v) is 4.48. The first kappa shape index (κ1) is 7.95. The lowest BCUT2D eigenvalue weighted by Crippen LogP contribution is -1.90. The maximum absolute atomic E-state index is 11.2. The quantitative estimate of drug-likeness (QED) is 0.736. The van der Waals surface area contributed by atoms with Gasteiger partial charge in [0, 0.05) is 16.5 Å². The average Bonchev–Trinajstić information content (AvgIpc) is 2.28. The van der Waals surface area contributed by atoms with Crippen LogP contribution < -0.4 is 0 Å². The highest BCUT2D eigenvalue weighted by atomic mass is 79.9. The van der Waals surface area contributed by atoms with Crippen LogP contribution in [0.5, 0.6) is 0 Å². The van der Waals surface area contributed by atoms with Crippen molar-refractivity contribution >= 4 is 21.7 Å². The summed E-state index contributed by atoms with van der Waals surface area (Å²) in [6, 6.07) is 5.36. The maximum Gasteiger partial charge on any atom is 0.166 e. The molecular weight excluding hydrogens is 220 g/mol. The van der Waals surface area contributed by atoms with Crippen LogP contribution in [0.4, 0.5) is 0 Å². The number of rotatable bonds is 0. The normalized spacial score (nSPS) is 21.2. The summed E-state index contributed by atoms with van der Waals surface area (Å²) in [6.07, 6.45) is -0.379. The van der Waals surface area contributed by atoms with Gasteiger partial charge >= 0.3 is 0 Å². The Morgan fingerprint density at radius 1 is 1.50 bits per heavy atom. The van der Waals surface area contributed by atoms with Gasteiger partial charge in [-0.3, -0.25) is 4.79 Å². The second-order valence-corrected chi connectivity index (χ2v) is 3.79. The van der Waals surface area contributed by atoms with Crippen LogP contribution in [0.15, 0.2) is 22.7 Å². The second-order valence-electron chi connectivity index (χ2n) is 2.87. The Bertz CT molecular complexity index is 346. The van der Waals surface area contributed by atoms with Crippen LogP contribution in [-0.4, -0.2) is 10.9 Å². The SMILES string of the molecule is O=C1CC(O)c2cc(Br)ccc21. The predicted molar refractivity (Wildman–Crippen MR) is 48.0 cm³/mol. The lowest BCUT2D eigenvalue weighted by atomic mass is 10.1. The van der Waals surface area contributed by atoms with Gasteiger partial charge in [0.25, 0.3) is 0 Å². The molecule has 1 N–H and O–H groups in total. The van der Waals surface area contributed by atoms with Crippen molar-refractivity contribution in [2.24, 2.45) is 0 Å². The van der Waals surface area contributed by atoms with E-state index < -0.39 is 6.10 Å². The van der Waals surface area contributed by atoms with Crippen LogP contribution in [0, 0.1) is 0 Å². The smallest absolute Gasteiger partial charge is 0.166 e. The van der Waals surface area contributed by atoms with Gasteiger partial charge in [-0.1, -0.05) is 15.9 Å². The van der Waals surface area contributed by atoms with Crippen LogP contribution in [-0.2, 0) is 0 Å². The fourth-order valence-electron chi connectivity index (χ4n) is 1.46. The zero-order chi connectivity index (χ0) is 8.72. The molecule has 0 fully saturated rings. The molecule has 1 aliphatic carbocycles. The topological polar surface area (TPSA) is 37.3 Å². The molecule has 0 saturated carbocycles. The Labute approximate surface area is 78.3 Å². The van der Waals surface area contributed by atoms with Gasteiger partial charge in [-0.25, -0.2) is 0 Å². The minimum Gasteiger partial charge on any atom is -0.388 e. The van der Waals surface area contributed by atoms with Crippen LogP contribution in [0.2, 0.25) is 0 Å². The third-order valence-electron chi connectivity index (χ3n) is 2.05. The van der Waals surface area contributed by atoms with Crippen molar-refractivity contribution < 1.29 is 9.90 Å². The summed E-state index contributed by atoms with van der Waals surface area (Å²) in [5.74, 6) is 0.0324. The molecule has 3 heteroatoms. The number of aliphatic hydroxyl groups is 1. The summed E-state index contributed by atoms with van der Waals surface area (Å²) in [7, 11) is 0. The Kier molecular flexibility index (Phi) is 1.77. The molecule has 1 aromatic rings. The van der Waals surface area contributed by atoms with E-state index in [1.807, 2.05) is 6.07 Å². The molecule has 1 aromatic carbocycles. The van der Waals surface area contributed by atoms with Crippen LogP contribution in [0.3, 0.4) is 0 Å². The molecule has 1 atom stereocenters. The van der Waals surface area contributed by atoms with Gasteiger partial charge in [-0.15, -0.1) is 0 Å². The Morgan fingerprint density at radius 2 is 2.25 bits per heavy atom. The van der Waals surface area contributed by atoms with Crippen LogP contribution >= 0.6 is 15.9 Å². The number of ketones is 1. The number of aliphatic hydroxyl groups excluding tert-OH is 1. The number of Topliss-reactive ketones (excluding diaryl/α,β-unsaturated/α-hetero) is 1. The Morgan fingerprint density at radius 3 is 3.00 bits per heavy atom. The summed E-state index contributed by atoms with van der Waals surface area (Å²) in [5.41, 5.74) is 1.40. The average molecular weight is 227 g/mol. The fourth-order valence-corrected chi connectivity index (χ4v) is 1.84. The van der Waals surface area contributed by atoms with Crippen molar-refractivity contribution in [2.75, 3.05) is 0 Å². The van der Waals surface area contributed by atoms with E-state index in [9.17, 15) is 9.90 Å². The van der Waals surface area contributed by atoms with E-state index in [0.717, 1.165) is 10.0 Å². The highest BCUT2D eigenvalue weighted by molar-refractivity contribution is 9.10. The molecule has 2 nitrogen and oxygen atoms in total. The Balaban J connectivity index is 2.60. The van der Waals surface area contributed by atoms with Gasteiger partial charge in [0.05, 0.1) is 6.10 Å². The summed E-state index contributed by atoms with van der Waals surface area (Å²) in [4.78, 5) is 11.2. The molecule has 0 amide bonds. The summed E-state index contributed by atoms with van der Waals surface area (Å²) >= 11 is 3.29. The van der Waals surface area contributed by atoms with Gasteiger partial charge in [0.1, 0.15) is 0 Å². The molecule has 0 aliphatic heterocycles. The molecule has 1 unspecified atom stereocenters. The van der Waals surface area contributed by atoms with E-state index in [4.69, 9.17) is 0 Å². The van der Waals surface area contributed by atoms with E-state index in [2.05, 4.69) is 15.9 Å². The van der Waals surface area contributed by atoms with Crippen molar-refractivity contribution in [1.82, 2.24) is 0 Å². The third-order valence-corrected chi connectivity index (χ3v) is 2.55. The zero-order valence-electron chi connectivity index (χ0n) is 6.25. The number of carbonyl (C=O) groups is 1. The molecule has 12 heavy (non-hydrogen) atoms. The molecule has 1 aliphatic rings. The largest absolute Gasteiger partial charge is 0.388 e. The standard InChI is InChI=1S/C9H7BrO2/c10-5-1-2-6-7(3-5)9(12)4-8(6)11/h1-3,9,12H,4H2. The number of hydrogen-bond acceptors (Lipinski definition) is 2. The van der Waals surface area contributed by atoms with Crippen molar-refractivity contribution in [1.29, 1.82) is 0 Å². The van der Waals surface area contributed by atoms with E-state index in [0.29, 0.717) is 5.56 Å². The molecule has 0 radical (unpaired) electrons. The molecule has 2 rings (SSSR count). The minimum absolute atomic E-state index is 0.0324. The Hall–Kier alpha value is -0.670. The number of hydrogen-bond donors (Lipinski definition) is 1. The number of fused-ring (bicyclic) bond motifs is 1. The third kappa shape index (κ3) is 1.09. The van der Waals surface area contributed by atoms with Crippen molar-refractivity contribution in [3.8, 4) is 0 Å². The van der Waals surface area contributed by atoms with Crippen LogP contribution in [0.25, 0.3) is 0 Å². The zero-order valence-corrected chi connectivity index (χ0v) is 7.84. The highest BCUT2D eigenvalue weighted by Gasteiger charge is 2.27. The lowest BCUT2D eigenvalue weighted by molar-refractivity contribution is 0.0930. The molecule has 0 saturated heterocycles. The lowest BCUT2D eigenvalue weighted by Gasteiger charge is -2.01. The van der Waals surface area contributed by atoms with Gasteiger partial charge in [-0.05, 0) is 23.8 Å². The molecule has 0 bridgehead atoms. The van der Waals surface area contributed by atoms with Crippen LogP contribution in [0.1, 0.15) is 28.4 Å². The van der Waals surface area contributed by atoms with Crippen molar-refractivity contribution in [3.05, 3.63) is 33.8 Å². The van der Waals surface area contributed by atoms with E-state index >= 15 is 0 Å². The molecule has 62 valence electrons. The van der Waals surface area contributed by atoms with Crippen molar-refractivity contribution in [2.45, 2.75) is 12.5 Å². The molecule has 0 spiro atoms. The highest BCUT2D eigenvalue weighted by Crippen LogP contribution is 2.32. The molecular formula is C9H7BrO2. The van der Waals surface area contributed by atoms with Gasteiger partial charge < -0.3 is 5.11 Å². The van der Waals surface area contributed by atoms with Gasteiger partial charge in [-0.2, -0.15) is 0 Å². The summed E-state index contributed by atoms with van der Waals surface area (Å²) < 4.78 is 0.898. The molecule has 0 aromatic heterocycles. The fraction of sp³-hybridized carbons (Fsp3) is 0.222. The number of halogens is 1. The van der Waals surface area contributed by atoms with E-state index in [-0.39, 0.29) is 12.2 Å². The molecule has 0 heterocycles. The number of benzene rings is 1. The van der Waals surface area contributed by atoms with Crippen molar-refractivity contribution in [3.63, 3.8) is 0 Å². The first-order chi connectivity index (χ1) is 5.68. The maximum atomic E-state index is 11.2. The van der Waals surface area contributed by atoms with E-state index in [1.165, 1.54) is 0 Å².